The number of ether oxygens (including phenoxy) is 2. The number of rotatable bonds is 4. The zero-order valence-electron chi connectivity index (χ0n) is 15.3. The van der Waals surface area contributed by atoms with E-state index in [1.807, 2.05) is 12.3 Å². The highest BCUT2D eigenvalue weighted by Crippen LogP contribution is 2.20. The SMILES string of the molecule is CC1CN(Cc2csc(NC(=O)[C@H]3NCCO[C@@H]3C)n2)CC(C)O1.Cl.Cl. The van der Waals surface area contributed by atoms with Crippen LogP contribution < -0.4 is 10.6 Å². The zero-order valence-corrected chi connectivity index (χ0v) is 17.7. The average Bonchev–Trinajstić information content (AvgIpc) is 2.93. The summed E-state index contributed by atoms with van der Waals surface area (Å²) < 4.78 is 11.3. The van der Waals surface area contributed by atoms with Gasteiger partial charge in [-0.3, -0.25) is 9.69 Å². The largest absolute Gasteiger partial charge is 0.375 e. The average molecular weight is 427 g/mol. The first kappa shape index (κ1) is 23.6. The number of hydrogen-bond acceptors (Lipinski definition) is 7. The van der Waals surface area contributed by atoms with Crippen LogP contribution in [0.2, 0.25) is 0 Å². The van der Waals surface area contributed by atoms with E-state index < -0.39 is 0 Å². The van der Waals surface area contributed by atoms with Crippen molar-refractivity contribution in [3.05, 3.63) is 11.1 Å². The minimum atomic E-state index is -0.327. The summed E-state index contributed by atoms with van der Waals surface area (Å²) in [6.07, 6.45) is 0.352. The van der Waals surface area contributed by atoms with E-state index in [9.17, 15) is 4.79 Å². The number of aromatic nitrogens is 1. The number of anilines is 1. The van der Waals surface area contributed by atoms with E-state index in [0.29, 0.717) is 18.3 Å². The molecule has 0 saturated carbocycles. The Morgan fingerprint density at radius 1 is 1.35 bits per heavy atom. The summed E-state index contributed by atoms with van der Waals surface area (Å²) >= 11 is 1.46. The Balaban J connectivity index is 0.00000169. The third-order valence-corrected chi connectivity index (χ3v) is 5.07. The number of nitrogens with one attached hydrogen (secondary N) is 2. The lowest BCUT2D eigenvalue weighted by molar-refractivity contribution is -0.123. The molecule has 2 saturated heterocycles. The molecule has 26 heavy (non-hydrogen) atoms. The molecule has 3 heterocycles. The fourth-order valence-corrected chi connectivity index (χ4v) is 3.99. The maximum Gasteiger partial charge on any atom is 0.245 e. The summed E-state index contributed by atoms with van der Waals surface area (Å²) in [7, 11) is 0. The quantitative estimate of drug-likeness (QED) is 0.765. The molecule has 2 N–H and O–H groups in total. The topological polar surface area (TPSA) is 75.7 Å². The van der Waals surface area contributed by atoms with Gasteiger partial charge in [0.05, 0.1) is 30.6 Å². The smallest absolute Gasteiger partial charge is 0.245 e. The maximum atomic E-state index is 12.3. The van der Waals surface area contributed by atoms with E-state index in [1.54, 1.807) is 0 Å². The van der Waals surface area contributed by atoms with Crippen LogP contribution in [0.3, 0.4) is 0 Å². The molecule has 3 rings (SSSR count). The Labute approximate surface area is 171 Å². The Morgan fingerprint density at radius 3 is 2.69 bits per heavy atom. The second-order valence-electron chi connectivity index (χ2n) is 6.59. The molecule has 4 atom stereocenters. The van der Waals surface area contributed by atoms with Gasteiger partial charge in [-0.15, -0.1) is 36.2 Å². The number of morpholine rings is 2. The predicted octanol–water partition coefficient (Wildman–Crippen LogP) is 1.91. The fraction of sp³-hybridized carbons (Fsp3) is 0.750. The number of hydrogen-bond donors (Lipinski definition) is 2. The van der Waals surface area contributed by atoms with Crippen LogP contribution >= 0.6 is 36.2 Å². The molecule has 2 fully saturated rings. The molecule has 2 aliphatic heterocycles. The van der Waals surface area contributed by atoms with E-state index >= 15 is 0 Å². The molecule has 0 aliphatic carbocycles. The highest BCUT2D eigenvalue weighted by molar-refractivity contribution is 7.13. The van der Waals surface area contributed by atoms with Crippen molar-refractivity contribution in [3.63, 3.8) is 0 Å². The van der Waals surface area contributed by atoms with Gasteiger partial charge in [0.15, 0.2) is 5.13 Å². The van der Waals surface area contributed by atoms with Crippen LogP contribution in [0.1, 0.15) is 26.5 Å². The monoisotopic (exact) mass is 426 g/mol. The first-order valence-electron chi connectivity index (χ1n) is 8.49. The van der Waals surface area contributed by atoms with Gasteiger partial charge in [0.1, 0.15) is 6.04 Å². The molecule has 2 unspecified atom stereocenters. The van der Waals surface area contributed by atoms with E-state index in [1.165, 1.54) is 11.3 Å². The summed E-state index contributed by atoms with van der Waals surface area (Å²) in [6, 6.07) is -0.327. The number of nitrogens with zero attached hydrogens (tertiary/aromatic N) is 2. The van der Waals surface area contributed by atoms with Crippen molar-refractivity contribution in [2.45, 2.75) is 51.7 Å². The molecule has 150 valence electrons. The number of halogens is 2. The summed E-state index contributed by atoms with van der Waals surface area (Å²) in [5.41, 5.74) is 0.984. The van der Waals surface area contributed by atoms with Crippen LogP contribution in [-0.2, 0) is 20.8 Å². The van der Waals surface area contributed by atoms with Gasteiger partial charge in [-0.1, -0.05) is 0 Å². The summed E-state index contributed by atoms with van der Waals surface area (Å²) in [5.74, 6) is -0.0864. The third kappa shape index (κ3) is 6.30. The Hall–Kier alpha value is -0.480. The molecule has 1 amide bonds. The van der Waals surface area contributed by atoms with Crippen molar-refractivity contribution in [1.82, 2.24) is 15.2 Å². The van der Waals surface area contributed by atoms with Crippen LogP contribution in [0.5, 0.6) is 0 Å². The highest BCUT2D eigenvalue weighted by Gasteiger charge is 2.29. The van der Waals surface area contributed by atoms with Gasteiger partial charge >= 0.3 is 0 Å². The summed E-state index contributed by atoms with van der Waals surface area (Å²) in [5, 5.41) is 8.74. The molecule has 0 spiro atoms. The number of carbonyl (C=O) groups excluding carboxylic acids is 1. The molecular formula is C16H28Cl2N4O3S. The van der Waals surface area contributed by atoms with Crippen LogP contribution in [0.25, 0.3) is 0 Å². The predicted molar refractivity (Wildman–Crippen MR) is 108 cm³/mol. The molecule has 1 aromatic heterocycles. The second kappa shape index (κ2) is 10.8. The second-order valence-corrected chi connectivity index (χ2v) is 7.45. The number of carbonyl (C=O) groups is 1. The van der Waals surface area contributed by atoms with Gasteiger partial charge in [-0.2, -0.15) is 0 Å². The zero-order chi connectivity index (χ0) is 17.1. The summed E-state index contributed by atoms with van der Waals surface area (Å²) in [4.78, 5) is 19.2. The highest BCUT2D eigenvalue weighted by atomic mass is 35.5. The Morgan fingerprint density at radius 2 is 2.04 bits per heavy atom. The van der Waals surface area contributed by atoms with Gasteiger partial charge in [0.2, 0.25) is 5.91 Å². The van der Waals surface area contributed by atoms with Crippen molar-refractivity contribution in [1.29, 1.82) is 0 Å². The molecule has 7 nitrogen and oxygen atoms in total. The van der Waals surface area contributed by atoms with E-state index in [4.69, 9.17) is 9.47 Å². The van der Waals surface area contributed by atoms with E-state index in [2.05, 4.69) is 34.4 Å². The minimum absolute atomic E-state index is 0. The van der Waals surface area contributed by atoms with Crippen molar-refractivity contribution >= 4 is 47.2 Å². The van der Waals surface area contributed by atoms with Crippen molar-refractivity contribution in [3.8, 4) is 0 Å². The van der Waals surface area contributed by atoms with Gasteiger partial charge in [-0.25, -0.2) is 4.98 Å². The van der Waals surface area contributed by atoms with Gasteiger partial charge < -0.3 is 20.1 Å². The lowest BCUT2D eigenvalue weighted by Gasteiger charge is -2.34. The molecule has 0 bridgehead atoms. The van der Waals surface area contributed by atoms with Crippen LogP contribution in [0, 0.1) is 0 Å². The van der Waals surface area contributed by atoms with Crippen molar-refractivity contribution in [2.75, 3.05) is 31.6 Å². The maximum absolute atomic E-state index is 12.3. The number of thiazole rings is 1. The first-order chi connectivity index (χ1) is 11.5. The van der Waals surface area contributed by atoms with Crippen LogP contribution in [0.4, 0.5) is 5.13 Å². The molecule has 1 aromatic rings. The van der Waals surface area contributed by atoms with Crippen LogP contribution in [0.15, 0.2) is 5.38 Å². The fourth-order valence-electron chi connectivity index (χ4n) is 3.29. The lowest BCUT2D eigenvalue weighted by atomic mass is 10.1. The summed E-state index contributed by atoms with van der Waals surface area (Å²) in [6.45, 7) is 10.0. The lowest BCUT2D eigenvalue weighted by Crippen LogP contribution is -2.53. The normalized spacial score (nSPS) is 29.3. The van der Waals surface area contributed by atoms with E-state index in [-0.39, 0.29) is 55.1 Å². The number of amides is 1. The van der Waals surface area contributed by atoms with Gasteiger partial charge in [0.25, 0.3) is 0 Å². The van der Waals surface area contributed by atoms with Gasteiger partial charge in [0, 0.05) is 31.6 Å². The Bertz CT molecular complexity index is 567. The molecular weight excluding hydrogens is 399 g/mol. The first-order valence-corrected chi connectivity index (χ1v) is 9.37. The van der Waals surface area contributed by atoms with E-state index in [0.717, 1.165) is 25.3 Å². The van der Waals surface area contributed by atoms with Gasteiger partial charge in [-0.05, 0) is 20.8 Å². The standard InChI is InChI=1S/C16H26N4O3S.2ClH/c1-10-6-20(7-11(2)23-10)8-13-9-24-16(18-13)19-15(21)14-12(3)22-5-4-17-14;;/h9-12,14,17H,4-8H2,1-3H3,(H,18,19,21);2*1H/t10?,11?,12-,14+;;/m1../s1. The van der Waals surface area contributed by atoms with Crippen LogP contribution in [-0.4, -0.2) is 66.4 Å². The minimum Gasteiger partial charge on any atom is -0.375 e. The third-order valence-electron chi connectivity index (χ3n) is 4.26. The molecule has 0 aromatic carbocycles. The van der Waals surface area contributed by atoms with Crippen molar-refractivity contribution < 1.29 is 14.3 Å². The molecule has 0 radical (unpaired) electrons. The molecule has 2 aliphatic rings. The molecule has 10 heteroatoms. The van der Waals surface area contributed by atoms with Crippen molar-refractivity contribution in [2.24, 2.45) is 0 Å². The Kier molecular flexibility index (Phi) is 9.74.